The van der Waals surface area contributed by atoms with Gasteiger partial charge in [0.05, 0.1) is 6.61 Å². The number of aryl methyl sites for hydroxylation is 2. The Balaban J connectivity index is 1.35. The maximum absolute atomic E-state index is 13.0. The molecule has 0 unspecified atom stereocenters. The summed E-state index contributed by atoms with van der Waals surface area (Å²) in [7, 11) is 0. The molecule has 2 heterocycles. The Morgan fingerprint density at radius 2 is 1.66 bits per heavy atom. The van der Waals surface area contributed by atoms with Crippen LogP contribution in [0.2, 0.25) is 0 Å². The number of carboxylic acid groups (broad SMARTS) is 2. The zero-order chi connectivity index (χ0) is 29.5. The largest absolute Gasteiger partial charge is 0.493 e. The predicted molar refractivity (Wildman–Crippen MR) is 159 cm³/mol. The van der Waals surface area contributed by atoms with Gasteiger partial charge in [-0.2, -0.15) is 0 Å². The molecule has 1 fully saturated rings. The second-order valence-corrected chi connectivity index (χ2v) is 11.1. The number of amides is 2. The molecule has 10 heteroatoms. The Morgan fingerprint density at radius 3 is 2.27 bits per heavy atom. The van der Waals surface area contributed by atoms with Gasteiger partial charge in [-0.3, -0.25) is 0 Å². The number of ether oxygens (including phenoxy) is 2. The van der Waals surface area contributed by atoms with Gasteiger partial charge in [0, 0.05) is 29.2 Å². The molecule has 1 saturated heterocycles. The first kappa shape index (κ1) is 29.9. The molecule has 0 radical (unpaired) electrons. The van der Waals surface area contributed by atoms with Crippen LogP contribution in [0.25, 0.3) is 10.4 Å². The van der Waals surface area contributed by atoms with Gasteiger partial charge in [-0.05, 0) is 67.3 Å². The predicted octanol–water partition coefficient (Wildman–Crippen LogP) is 6.33. The van der Waals surface area contributed by atoms with Gasteiger partial charge in [0.15, 0.2) is 11.5 Å². The Kier molecular flexibility index (Phi) is 9.88. The Hall–Kier alpha value is -4.05. The molecule has 1 aromatic heterocycles. The number of piperidine rings is 1. The minimum atomic E-state index is -1.18. The number of hydrogen-bond donors (Lipinski definition) is 3. The highest BCUT2D eigenvalue weighted by atomic mass is 32.1. The maximum Gasteiger partial charge on any atom is 0.349 e. The highest BCUT2D eigenvalue weighted by Crippen LogP contribution is 2.42. The number of nitrogens with one attached hydrogen (secondary N) is 1. The second kappa shape index (κ2) is 13.5. The molecule has 218 valence electrons. The molecule has 0 spiro atoms. The number of aromatic carboxylic acids is 1. The third-order valence-corrected chi connectivity index (χ3v) is 8.65. The van der Waals surface area contributed by atoms with E-state index < -0.39 is 18.5 Å². The van der Waals surface area contributed by atoms with E-state index in [-0.39, 0.29) is 16.7 Å². The van der Waals surface area contributed by atoms with E-state index in [9.17, 15) is 19.5 Å². The number of aliphatic carboxylic acids is 1. The van der Waals surface area contributed by atoms with Crippen LogP contribution in [0.3, 0.4) is 0 Å². The van der Waals surface area contributed by atoms with Gasteiger partial charge in [0.2, 0.25) is 0 Å². The summed E-state index contributed by atoms with van der Waals surface area (Å²) in [5.41, 5.74) is 4.56. The summed E-state index contributed by atoms with van der Waals surface area (Å²) in [6.45, 7) is 7.10. The second-order valence-electron chi connectivity index (χ2n) is 10.1. The van der Waals surface area contributed by atoms with Gasteiger partial charge in [-0.15, -0.1) is 11.3 Å². The summed E-state index contributed by atoms with van der Waals surface area (Å²) in [6.07, 6.45) is 3.38. The number of thiophene rings is 1. The lowest BCUT2D eigenvalue weighted by molar-refractivity contribution is -0.139. The SMILES string of the molecule is CCc1cccc(CC)c1NC(=O)N1CCC(COc2cccc(-c3sc(C(=O)O)c(OCC(=O)O)c3C)c2)CC1. The molecule has 0 bridgehead atoms. The number of rotatable bonds is 11. The zero-order valence-corrected chi connectivity index (χ0v) is 24.4. The van der Waals surface area contributed by atoms with E-state index in [1.165, 1.54) is 0 Å². The van der Waals surface area contributed by atoms with Crippen molar-refractivity contribution in [3.05, 3.63) is 64.0 Å². The summed E-state index contributed by atoms with van der Waals surface area (Å²) >= 11 is 1.05. The Labute approximate surface area is 243 Å². The third kappa shape index (κ3) is 7.18. The van der Waals surface area contributed by atoms with Crippen LogP contribution >= 0.6 is 11.3 Å². The summed E-state index contributed by atoms with van der Waals surface area (Å²) in [5, 5.41) is 21.7. The number of carboxylic acids is 2. The van der Waals surface area contributed by atoms with Crippen molar-refractivity contribution < 1.29 is 34.1 Å². The standard InChI is InChI=1S/C31H36N2O7S/c1-4-21-8-6-9-22(5-2)26(21)32-31(38)33-14-12-20(13-15-33)17-39-24-11-7-10-23(16-24)28-19(3)27(40-18-25(34)35)29(41-28)30(36)37/h6-11,16,20H,4-5,12-15,17-18H2,1-3H3,(H,32,38)(H,34,35)(H,36,37). The number of benzene rings is 2. The van der Waals surface area contributed by atoms with Crippen molar-refractivity contribution in [2.24, 2.45) is 5.92 Å². The minimum absolute atomic E-state index is 0.0371. The molecule has 1 aliphatic heterocycles. The number of likely N-dealkylation sites (tertiary alicyclic amines) is 1. The minimum Gasteiger partial charge on any atom is -0.493 e. The molecule has 4 rings (SSSR count). The fourth-order valence-electron chi connectivity index (χ4n) is 5.06. The van der Waals surface area contributed by atoms with Crippen LogP contribution in [0.4, 0.5) is 10.5 Å². The lowest BCUT2D eigenvalue weighted by atomic mass is 9.98. The van der Waals surface area contributed by atoms with Crippen molar-refractivity contribution in [3.63, 3.8) is 0 Å². The average Bonchev–Trinajstić information content (AvgIpc) is 3.31. The smallest absolute Gasteiger partial charge is 0.349 e. The van der Waals surface area contributed by atoms with E-state index >= 15 is 0 Å². The number of carbonyl (C=O) groups excluding carboxylic acids is 1. The number of para-hydroxylation sites is 1. The molecule has 0 aliphatic carbocycles. The highest BCUT2D eigenvalue weighted by Gasteiger charge is 2.25. The van der Waals surface area contributed by atoms with Crippen LogP contribution < -0.4 is 14.8 Å². The van der Waals surface area contributed by atoms with Gasteiger partial charge in [0.1, 0.15) is 11.5 Å². The lowest BCUT2D eigenvalue weighted by Gasteiger charge is -2.32. The fourth-order valence-corrected chi connectivity index (χ4v) is 6.14. The summed E-state index contributed by atoms with van der Waals surface area (Å²) in [5.74, 6) is -1.31. The van der Waals surface area contributed by atoms with Crippen molar-refractivity contribution in [2.45, 2.75) is 46.5 Å². The summed E-state index contributed by atoms with van der Waals surface area (Å²) in [6, 6.07) is 13.5. The van der Waals surface area contributed by atoms with E-state index in [1.807, 2.05) is 35.2 Å². The van der Waals surface area contributed by atoms with Crippen LogP contribution in [-0.4, -0.2) is 59.4 Å². The normalized spacial score (nSPS) is 13.6. The Bertz CT molecular complexity index is 1390. The molecular weight excluding hydrogens is 544 g/mol. The molecule has 41 heavy (non-hydrogen) atoms. The number of hydrogen-bond acceptors (Lipinski definition) is 6. The first-order valence-electron chi connectivity index (χ1n) is 13.8. The zero-order valence-electron chi connectivity index (χ0n) is 23.6. The van der Waals surface area contributed by atoms with Crippen molar-refractivity contribution >= 4 is 35.0 Å². The summed E-state index contributed by atoms with van der Waals surface area (Å²) < 4.78 is 11.4. The number of anilines is 1. The van der Waals surface area contributed by atoms with Crippen LogP contribution in [0.1, 0.15) is 53.1 Å². The monoisotopic (exact) mass is 580 g/mol. The van der Waals surface area contributed by atoms with Crippen LogP contribution in [0, 0.1) is 12.8 Å². The quantitative estimate of drug-likeness (QED) is 0.242. The van der Waals surface area contributed by atoms with Gasteiger partial charge in [-0.1, -0.05) is 44.2 Å². The summed E-state index contributed by atoms with van der Waals surface area (Å²) in [4.78, 5) is 38.3. The molecule has 1 aliphatic rings. The van der Waals surface area contributed by atoms with E-state index in [0.29, 0.717) is 41.8 Å². The van der Waals surface area contributed by atoms with Crippen molar-refractivity contribution in [1.82, 2.24) is 4.90 Å². The molecule has 3 N–H and O–H groups in total. The van der Waals surface area contributed by atoms with Crippen LogP contribution in [-0.2, 0) is 17.6 Å². The highest BCUT2D eigenvalue weighted by molar-refractivity contribution is 7.18. The van der Waals surface area contributed by atoms with Gasteiger partial charge in [-0.25, -0.2) is 14.4 Å². The van der Waals surface area contributed by atoms with E-state index in [4.69, 9.17) is 14.6 Å². The van der Waals surface area contributed by atoms with E-state index in [0.717, 1.165) is 59.4 Å². The van der Waals surface area contributed by atoms with Crippen molar-refractivity contribution in [1.29, 1.82) is 0 Å². The molecule has 2 amide bonds. The molecule has 0 saturated carbocycles. The number of carbonyl (C=O) groups is 3. The molecule has 2 aromatic carbocycles. The first-order chi connectivity index (χ1) is 19.7. The molecule has 3 aromatic rings. The topological polar surface area (TPSA) is 125 Å². The first-order valence-corrected chi connectivity index (χ1v) is 14.6. The third-order valence-electron chi connectivity index (χ3n) is 7.34. The average molecular weight is 581 g/mol. The van der Waals surface area contributed by atoms with Crippen LogP contribution in [0.15, 0.2) is 42.5 Å². The van der Waals surface area contributed by atoms with E-state index in [1.54, 1.807) is 6.92 Å². The number of urea groups is 1. The van der Waals surface area contributed by atoms with Gasteiger partial charge in [0.25, 0.3) is 0 Å². The molecule has 9 nitrogen and oxygen atoms in total. The number of nitrogens with zero attached hydrogens (tertiary/aromatic N) is 1. The lowest BCUT2D eigenvalue weighted by Crippen LogP contribution is -2.42. The van der Waals surface area contributed by atoms with Gasteiger partial charge >= 0.3 is 18.0 Å². The fraction of sp³-hybridized carbons (Fsp3) is 0.387. The Morgan fingerprint density at radius 1 is 1.00 bits per heavy atom. The maximum atomic E-state index is 13.0. The molecule has 0 atom stereocenters. The van der Waals surface area contributed by atoms with Crippen molar-refractivity contribution in [2.75, 3.05) is 31.6 Å². The van der Waals surface area contributed by atoms with Gasteiger partial charge < -0.3 is 29.9 Å². The van der Waals surface area contributed by atoms with Crippen molar-refractivity contribution in [3.8, 4) is 21.9 Å². The van der Waals surface area contributed by atoms with Crippen LogP contribution in [0.5, 0.6) is 11.5 Å². The molecular formula is C31H36N2O7S. The van der Waals surface area contributed by atoms with E-state index in [2.05, 4.69) is 31.3 Å².